The third-order valence-corrected chi connectivity index (χ3v) is 6.64. The topological polar surface area (TPSA) is 18.5 Å². The molecule has 0 bridgehead atoms. The fourth-order valence-corrected chi connectivity index (χ4v) is 4.51. The highest BCUT2D eigenvalue weighted by Gasteiger charge is 2.23. The van der Waals surface area contributed by atoms with Crippen molar-refractivity contribution in [2.75, 3.05) is 13.2 Å². The number of unbranched alkanes of at least 4 members (excludes halogenated alkanes) is 7. The van der Waals surface area contributed by atoms with Gasteiger partial charge in [0.25, 0.3) is 0 Å². The number of aryl methyl sites for hydroxylation is 1. The van der Waals surface area contributed by atoms with Gasteiger partial charge in [0, 0.05) is 17.0 Å². The van der Waals surface area contributed by atoms with E-state index in [-0.39, 0.29) is 6.29 Å². The maximum atomic E-state index is 14.8. The van der Waals surface area contributed by atoms with Gasteiger partial charge in [-0.3, -0.25) is 0 Å². The Hall–Kier alpha value is -1.78. The van der Waals surface area contributed by atoms with Crippen LogP contribution in [0.25, 0.3) is 11.1 Å². The Bertz CT molecular complexity index is 826. The average Bonchev–Trinajstić information content (AvgIpc) is 2.85. The number of rotatable bonds is 13. The first-order valence-corrected chi connectivity index (χ1v) is 12.9. The Labute approximate surface area is 198 Å². The molecule has 1 heterocycles. The summed E-state index contributed by atoms with van der Waals surface area (Å²) in [5, 5.41) is 0. The Balaban J connectivity index is 1.54. The van der Waals surface area contributed by atoms with Crippen molar-refractivity contribution in [3.8, 4) is 11.1 Å². The monoisotopic (exact) mass is 458 g/mol. The molecule has 0 saturated carbocycles. The predicted molar refractivity (Wildman–Crippen MR) is 131 cm³/mol. The van der Waals surface area contributed by atoms with Crippen LogP contribution >= 0.6 is 0 Å². The number of ether oxygens (including phenoxy) is 2. The summed E-state index contributed by atoms with van der Waals surface area (Å²) < 4.78 is 41.3. The number of benzene rings is 2. The highest BCUT2D eigenvalue weighted by atomic mass is 19.2. The molecule has 2 nitrogen and oxygen atoms in total. The van der Waals surface area contributed by atoms with Crippen molar-refractivity contribution >= 4 is 0 Å². The molecule has 2 aromatic rings. The lowest BCUT2D eigenvalue weighted by molar-refractivity contribution is -0.206. The minimum Gasteiger partial charge on any atom is -0.348 e. The largest absolute Gasteiger partial charge is 0.348 e. The third kappa shape index (κ3) is 7.61. The van der Waals surface area contributed by atoms with Crippen molar-refractivity contribution in [2.24, 2.45) is 5.92 Å². The molecule has 0 aromatic heterocycles. The van der Waals surface area contributed by atoms with Crippen LogP contribution in [-0.2, 0) is 15.9 Å². The molecule has 4 heteroatoms. The van der Waals surface area contributed by atoms with Crippen LogP contribution in [0.1, 0.15) is 95.5 Å². The molecule has 1 fully saturated rings. The molecule has 0 amide bonds. The van der Waals surface area contributed by atoms with Crippen LogP contribution in [0.4, 0.5) is 8.78 Å². The predicted octanol–water partition coefficient (Wildman–Crippen LogP) is 8.78. The minimum absolute atomic E-state index is 0.298. The van der Waals surface area contributed by atoms with Gasteiger partial charge in [0.2, 0.25) is 0 Å². The van der Waals surface area contributed by atoms with E-state index in [1.54, 1.807) is 12.1 Å². The normalized spacial score (nSPS) is 18.5. The van der Waals surface area contributed by atoms with Gasteiger partial charge in [0.15, 0.2) is 17.9 Å². The van der Waals surface area contributed by atoms with E-state index in [1.807, 2.05) is 24.3 Å². The lowest BCUT2D eigenvalue weighted by atomic mass is 9.98. The van der Waals surface area contributed by atoms with Crippen LogP contribution in [0.2, 0.25) is 0 Å². The van der Waals surface area contributed by atoms with Crippen molar-refractivity contribution in [1.29, 1.82) is 0 Å². The number of hydrogen-bond acceptors (Lipinski definition) is 2. The summed E-state index contributed by atoms with van der Waals surface area (Å²) in [5.41, 5.74) is 2.34. The molecule has 2 aromatic carbocycles. The van der Waals surface area contributed by atoms with Gasteiger partial charge >= 0.3 is 0 Å². The van der Waals surface area contributed by atoms with E-state index in [9.17, 15) is 8.78 Å². The first-order valence-electron chi connectivity index (χ1n) is 12.9. The summed E-state index contributed by atoms with van der Waals surface area (Å²) >= 11 is 0. The Morgan fingerprint density at radius 1 is 0.727 bits per heavy atom. The second-order valence-corrected chi connectivity index (χ2v) is 9.40. The minimum atomic E-state index is -0.759. The fourth-order valence-electron chi connectivity index (χ4n) is 4.51. The lowest BCUT2D eigenvalue weighted by Gasteiger charge is -2.29. The maximum absolute atomic E-state index is 14.8. The lowest BCUT2D eigenvalue weighted by Crippen LogP contribution is -2.27. The zero-order chi connectivity index (χ0) is 23.5. The van der Waals surface area contributed by atoms with Crippen LogP contribution < -0.4 is 0 Å². The molecular weight excluding hydrogens is 418 g/mol. The van der Waals surface area contributed by atoms with Gasteiger partial charge in [-0.15, -0.1) is 0 Å². The fraction of sp³-hybridized carbons (Fsp3) is 0.586. The van der Waals surface area contributed by atoms with Crippen molar-refractivity contribution in [3.63, 3.8) is 0 Å². The Kier molecular flexibility index (Phi) is 10.8. The highest BCUT2D eigenvalue weighted by Crippen LogP contribution is 2.31. The molecular formula is C29H40F2O2. The average molecular weight is 459 g/mol. The van der Waals surface area contributed by atoms with Crippen LogP contribution in [0.15, 0.2) is 36.4 Å². The molecule has 0 spiro atoms. The van der Waals surface area contributed by atoms with Gasteiger partial charge in [0.1, 0.15) is 0 Å². The molecule has 0 aliphatic carbocycles. The first-order chi connectivity index (χ1) is 16.1. The second kappa shape index (κ2) is 13.8. The van der Waals surface area contributed by atoms with E-state index in [2.05, 4.69) is 13.8 Å². The summed E-state index contributed by atoms with van der Waals surface area (Å²) in [4.78, 5) is 0. The van der Waals surface area contributed by atoms with Crippen molar-refractivity contribution in [2.45, 2.75) is 90.8 Å². The van der Waals surface area contributed by atoms with Gasteiger partial charge in [-0.2, -0.15) is 0 Å². The molecule has 182 valence electrons. The quantitative estimate of drug-likeness (QED) is 0.279. The van der Waals surface area contributed by atoms with Crippen LogP contribution in [-0.4, -0.2) is 13.2 Å². The summed E-state index contributed by atoms with van der Waals surface area (Å²) in [6, 6.07) is 10.9. The van der Waals surface area contributed by atoms with E-state index in [1.165, 1.54) is 38.5 Å². The third-order valence-electron chi connectivity index (χ3n) is 6.64. The summed E-state index contributed by atoms with van der Waals surface area (Å²) in [6.07, 6.45) is 11.9. The van der Waals surface area contributed by atoms with Gasteiger partial charge in [-0.25, -0.2) is 8.78 Å². The molecule has 0 N–H and O–H groups in total. The highest BCUT2D eigenvalue weighted by molar-refractivity contribution is 5.65. The molecule has 0 radical (unpaired) electrons. The molecule has 1 aliphatic heterocycles. The van der Waals surface area contributed by atoms with Crippen molar-refractivity contribution < 1.29 is 18.3 Å². The standard InChI is InChI=1S/C29H40F2O2/c1-3-5-7-9-11-13-24-18-19-26(28(31)27(24)30)23-14-16-25(17-15-23)29-32-20-22(21-33-29)12-10-8-6-4-2/h14-19,22,29H,3-13,20-21H2,1-2H3. The maximum Gasteiger partial charge on any atom is 0.183 e. The van der Waals surface area contributed by atoms with E-state index in [0.717, 1.165) is 31.2 Å². The van der Waals surface area contributed by atoms with E-state index in [4.69, 9.17) is 9.47 Å². The number of hydrogen-bond donors (Lipinski definition) is 0. The molecule has 1 aliphatic rings. The molecule has 33 heavy (non-hydrogen) atoms. The zero-order valence-electron chi connectivity index (χ0n) is 20.4. The summed E-state index contributed by atoms with van der Waals surface area (Å²) in [7, 11) is 0. The van der Waals surface area contributed by atoms with E-state index < -0.39 is 11.6 Å². The molecule has 0 atom stereocenters. The van der Waals surface area contributed by atoms with Crippen LogP contribution in [0.3, 0.4) is 0 Å². The van der Waals surface area contributed by atoms with Crippen molar-refractivity contribution in [3.05, 3.63) is 59.2 Å². The van der Waals surface area contributed by atoms with Crippen LogP contribution in [0, 0.1) is 17.6 Å². The van der Waals surface area contributed by atoms with Gasteiger partial charge in [0.05, 0.1) is 13.2 Å². The first kappa shape index (κ1) is 25.8. The van der Waals surface area contributed by atoms with Gasteiger partial charge in [-0.05, 0) is 30.4 Å². The second-order valence-electron chi connectivity index (χ2n) is 9.40. The van der Waals surface area contributed by atoms with Crippen LogP contribution in [0.5, 0.6) is 0 Å². The van der Waals surface area contributed by atoms with E-state index >= 15 is 0 Å². The number of halogens is 2. The summed E-state index contributed by atoms with van der Waals surface area (Å²) in [6.45, 7) is 5.80. The molecule has 0 unspecified atom stereocenters. The summed E-state index contributed by atoms with van der Waals surface area (Å²) in [5.74, 6) is -1.01. The smallest absolute Gasteiger partial charge is 0.183 e. The van der Waals surface area contributed by atoms with E-state index in [0.29, 0.717) is 42.2 Å². The Morgan fingerprint density at radius 3 is 2.03 bits per heavy atom. The molecule has 3 rings (SSSR count). The van der Waals surface area contributed by atoms with Gasteiger partial charge in [-0.1, -0.05) is 102 Å². The molecule has 1 saturated heterocycles. The van der Waals surface area contributed by atoms with Crippen molar-refractivity contribution in [1.82, 2.24) is 0 Å². The zero-order valence-corrected chi connectivity index (χ0v) is 20.4. The SMILES string of the molecule is CCCCCCCc1ccc(-c2ccc(C3OCC(CCCCCC)CO3)cc2)c(F)c1F. The van der Waals surface area contributed by atoms with Gasteiger partial charge < -0.3 is 9.47 Å². The Morgan fingerprint density at radius 2 is 1.36 bits per heavy atom.